The molecule has 0 saturated carbocycles. The van der Waals surface area contributed by atoms with E-state index in [1.807, 2.05) is 30.3 Å². The van der Waals surface area contributed by atoms with Crippen LogP contribution >= 0.6 is 0 Å². The van der Waals surface area contributed by atoms with Gasteiger partial charge in [-0.3, -0.25) is 4.90 Å². The van der Waals surface area contributed by atoms with Gasteiger partial charge in [-0.2, -0.15) is 15.2 Å². The fourth-order valence-electron chi connectivity index (χ4n) is 5.65. The van der Waals surface area contributed by atoms with Crippen molar-refractivity contribution in [3.63, 3.8) is 0 Å². The van der Waals surface area contributed by atoms with Crippen molar-refractivity contribution < 1.29 is 14.3 Å². The summed E-state index contributed by atoms with van der Waals surface area (Å²) in [6, 6.07) is 9.98. The highest BCUT2D eigenvalue weighted by atomic mass is 17.0. The second-order valence-electron chi connectivity index (χ2n) is 8.05. The molecule has 7 saturated heterocycles. The van der Waals surface area contributed by atoms with Crippen LogP contribution in [0.3, 0.4) is 0 Å². The number of hydroxylamine groups is 6. The van der Waals surface area contributed by atoms with E-state index in [9.17, 15) is 0 Å². The first-order valence-electron chi connectivity index (χ1n) is 8.31. The van der Waals surface area contributed by atoms with Crippen LogP contribution in [0, 0.1) is 0 Å². The zero-order chi connectivity index (χ0) is 15.7. The van der Waals surface area contributed by atoms with Gasteiger partial charge in [0.1, 0.15) is 17.0 Å². The Morgan fingerprint density at radius 2 is 1.22 bits per heavy atom. The highest BCUT2D eigenvalue weighted by molar-refractivity contribution is 6.75. The predicted molar refractivity (Wildman–Crippen MR) is 82.3 cm³/mol. The Morgan fingerprint density at radius 1 is 0.783 bits per heavy atom. The van der Waals surface area contributed by atoms with Crippen LogP contribution in [-0.2, 0) is 14.3 Å². The maximum atomic E-state index is 6.43. The van der Waals surface area contributed by atoms with Gasteiger partial charge >= 0.3 is 6.75 Å². The molecule has 7 fully saturated rings. The standard InChI is InChI=1S/C15H20BN4O3/c1-13-9-17-10-14(2)18(13)21-16(12-7-5-4-6-8-12)22-19(13)15(3,11-17)20(14)23-16/h4-8H,9-11H2,1-3H3/q-1. The number of nitrogens with zero attached hydrogens (tertiary/aromatic N) is 4. The van der Waals surface area contributed by atoms with Gasteiger partial charge in [0.25, 0.3) is 0 Å². The molecule has 0 amide bonds. The van der Waals surface area contributed by atoms with Gasteiger partial charge in [0.2, 0.25) is 0 Å². The fourth-order valence-corrected chi connectivity index (χ4v) is 5.65. The minimum absolute atomic E-state index is 0.305. The summed E-state index contributed by atoms with van der Waals surface area (Å²) in [5.74, 6) is 0. The molecule has 8 heteroatoms. The largest absolute Gasteiger partial charge is 0.457 e. The second kappa shape index (κ2) is 3.50. The van der Waals surface area contributed by atoms with Crippen LogP contribution in [0.1, 0.15) is 20.8 Å². The third-order valence-electron chi connectivity index (χ3n) is 6.13. The van der Waals surface area contributed by atoms with Gasteiger partial charge in [-0.25, -0.2) is 0 Å². The van der Waals surface area contributed by atoms with Gasteiger partial charge < -0.3 is 14.3 Å². The molecule has 0 aliphatic carbocycles. The van der Waals surface area contributed by atoms with Gasteiger partial charge in [-0.1, -0.05) is 30.3 Å². The van der Waals surface area contributed by atoms with E-state index in [4.69, 9.17) is 14.3 Å². The van der Waals surface area contributed by atoms with Crippen molar-refractivity contribution in [2.45, 2.75) is 37.8 Å². The Morgan fingerprint density at radius 3 is 1.65 bits per heavy atom. The van der Waals surface area contributed by atoms with Crippen molar-refractivity contribution in [1.82, 2.24) is 20.1 Å². The summed E-state index contributed by atoms with van der Waals surface area (Å²) in [6.45, 7) is 7.30. The maximum Gasteiger partial charge on any atom is 0.457 e. The quantitative estimate of drug-likeness (QED) is 0.678. The van der Waals surface area contributed by atoms with Crippen LogP contribution in [0.2, 0.25) is 0 Å². The third-order valence-corrected chi connectivity index (χ3v) is 6.13. The Labute approximate surface area is 135 Å². The van der Waals surface area contributed by atoms with Crippen LogP contribution in [0.5, 0.6) is 0 Å². The number of hydrogen-bond acceptors (Lipinski definition) is 7. The molecule has 0 radical (unpaired) electrons. The van der Waals surface area contributed by atoms with Crippen LogP contribution < -0.4 is 5.46 Å². The van der Waals surface area contributed by atoms with E-state index in [1.54, 1.807) is 0 Å². The zero-order valence-electron chi connectivity index (χ0n) is 13.6. The number of benzene rings is 1. The topological polar surface area (TPSA) is 40.7 Å². The number of hydrogen-bond donors (Lipinski definition) is 0. The molecule has 8 rings (SSSR count). The molecule has 0 spiro atoms. The molecular formula is C15H20BN4O3-. The normalized spacial score (nSPS) is 61.3. The molecule has 122 valence electrons. The molecule has 1 aromatic carbocycles. The molecule has 23 heavy (non-hydrogen) atoms. The Kier molecular flexibility index (Phi) is 2.03. The van der Waals surface area contributed by atoms with E-state index >= 15 is 0 Å². The molecular weight excluding hydrogens is 295 g/mol. The van der Waals surface area contributed by atoms with Crippen LogP contribution in [0.4, 0.5) is 0 Å². The molecule has 7 aliphatic heterocycles. The summed E-state index contributed by atoms with van der Waals surface area (Å²) in [7, 11) is 0. The lowest BCUT2D eigenvalue weighted by Crippen LogP contribution is -3.03. The Bertz CT molecular complexity index is 639. The Balaban J connectivity index is 1.57. The van der Waals surface area contributed by atoms with Crippen molar-refractivity contribution in [2.24, 2.45) is 0 Å². The predicted octanol–water partition coefficient (Wildman–Crippen LogP) is 0.0519. The van der Waals surface area contributed by atoms with Gasteiger partial charge in [0.05, 0.1) is 0 Å². The van der Waals surface area contributed by atoms with Crippen molar-refractivity contribution in [2.75, 3.05) is 19.6 Å². The summed E-state index contributed by atoms with van der Waals surface area (Å²) in [5.41, 5.74) is 0.0117. The average Bonchev–Trinajstić information content (AvgIpc) is 2.52. The lowest BCUT2D eigenvalue weighted by molar-refractivity contribution is -0.589. The highest BCUT2D eigenvalue weighted by Crippen LogP contribution is 2.59. The molecule has 7 aliphatic rings. The summed E-state index contributed by atoms with van der Waals surface area (Å²) in [5, 5.41) is 6.37. The van der Waals surface area contributed by atoms with E-state index in [1.165, 1.54) is 0 Å². The highest BCUT2D eigenvalue weighted by Gasteiger charge is 2.78. The van der Waals surface area contributed by atoms with Crippen LogP contribution in [0.25, 0.3) is 0 Å². The van der Waals surface area contributed by atoms with E-state index in [2.05, 4.69) is 40.9 Å². The Hall–Kier alpha value is -0.995. The maximum absolute atomic E-state index is 6.43. The summed E-state index contributed by atoms with van der Waals surface area (Å²) in [4.78, 5) is 2.48. The molecule has 0 aromatic heterocycles. The van der Waals surface area contributed by atoms with Crippen LogP contribution in [0.15, 0.2) is 30.3 Å². The molecule has 7 nitrogen and oxygen atoms in total. The van der Waals surface area contributed by atoms with E-state index in [0.717, 1.165) is 25.1 Å². The minimum atomic E-state index is -2.02. The lowest BCUT2D eigenvalue weighted by Gasteiger charge is -2.86. The van der Waals surface area contributed by atoms with Gasteiger partial charge in [0.15, 0.2) is 0 Å². The van der Waals surface area contributed by atoms with E-state index < -0.39 is 6.75 Å². The first-order valence-corrected chi connectivity index (χ1v) is 8.31. The molecule has 8 bridgehead atoms. The van der Waals surface area contributed by atoms with Crippen molar-refractivity contribution in [3.05, 3.63) is 30.3 Å². The van der Waals surface area contributed by atoms with Crippen molar-refractivity contribution in [1.29, 1.82) is 0 Å². The molecule has 0 N–H and O–H groups in total. The average molecular weight is 315 g/mol. The summed E-state index contributed by atoms with van der Waals surface area (Å²) >= 11 is 0. The third kappa shape index (κ3) is 1.22. The second-order valence-corrected chi connectivity index (χ2v) is 8.05. The number of rotatable bonds is 1. The lowest BCUT2D eigenvalue weighted by atomic mass is 9.67. The smallest absolute Gasteiger partial charge is 0.448 e. The van der Waals surface area contributed by atoms with E-state index in [-0.39, 0.29) is 17.0 Å². The SMILES string of the molecule is CC12CN3CC4(C)N1O[B-]1(c5ccccc5)ON2C(C)(C3)N4O1. The van der Waals surface area contributed by atoms with Crippen LogP contribution in [-0.4, -0.2) is 63.5 Å². The van der Waals surface area contributed by atoms with E-state index in [0.29, 0.717) is 0 Å². The van der Waals surface area contributed by atoms with Gasteiger partial charge in [-0.05, 0) is 20.8 Å². The van der Waals surface area contributed by atoms with Crippen molar-refractivity contribution in [3.8, 4) is 0 Å². The minimum Gasteiger partial charge on any atom is -0.448 e. The van der Waals surface area contributed by atoms with Gasteiger partial charge in [-0.15, -0.1) is 5.46 Å². The molecule has 1 aromatic rings. The summed E-state index contributed by atoms with van der Waals surface area (Å²) in [6.07, 6.45) is 0. The molecule has 7 heterocycles. The van der Waals surface area contributed by atoms with Gasteiger partial charge in [0, 0.05) is 19.6 Å². The molecule has 0 unspecified atom stereocenters. The zero-order valence-corrected chi connectivity index (χ0v) is 13.6. The summed E-state index contributed by atoms with van der Waals surface area (Å²) < 4.78 is 19.3. The monoisotopic (exact) mass is 315 g/mol. The number of piperazine rings is 3. The first-order chi connectivity index (χ1) is 10.9. The van der Waals surface area contributed by atoms with Crippen molar-refractivity contribution >= 4 is 12.2 Å². The first kappa shape index (κ1) is 13.3. The molecule has 0 atom stereocenters. The fraction of sp³-hybridized carbons (Fsp3) is 0.600.